The van der Waals surface area contributed by atoms with Gasteiger partial charge >= 0.3 is 5.97 Å². The summed E-state index contributed by atoms with van der Waals surface area (Å²) in [6.45, 7) is 3.83. The van der Waals surface area contributed by atoms with Crippen molar-refractivity contribution in [3.8, 4) is 0 Å². The van der Waals surface area contributed by atoms with E-state index in [4.69, 9.17) is 5.11 Å². The first-order chi connectivity index (χ1) is 9.36. The lowest BCUT2D eigenvalue weighted by Crippen LogP contribution is -2.33. The fraction of sp³-hybridized carbons (Fsp3) is 0.385. The smallest absolute Gasteiger partial charge is 0.305 e. The zero-order valence-electron chi connectivity index (χ0n) is 11.3. The molecule has 0 saturated carbocycles. The number of carboxylic acids is 1. The topological polar surface area (TPSA) is 101 Å². The predicted molar refractivity (Wildman–Crippen MR) is 71.7 cm³/mol. The number of aliphatic carboxylic acids is 1. The molecule has 1 amide bonds. The van der Waals surface area contributed by atoms with E-state index in [9.17, 15) is 19.7 Å². The van der Waals surface area contributed by atoms with Crippen LogP contribution in [0.15, 0.2) is 18.2 Å². The SMILES string of the molecule is CCN(CCC(=O)O)C(=O)c1cc([N+](=O)[O-])ccc1C. The molecule has 0 aliphatic carbocycles. The quantitative estimate of drug-likeness (QED) is 0.633. The maximum Gasteiger partial charge on any atom is 0.305 e. The Morgan fingerprint density at radius 1 is 1.40 bits per heavy atom. The summed E-state index contributed by atoms with van der Waals surface area (Å²) in [4.78, 5) is 34.4. The molecule has 0 bridgehead atoms. The highest BCUT2D eigenvalue weighted by Gasteiger charge is 2.19. The van der Waals surface area contributed by atoms with Gasteiger partial charge < -0.3 is 10.0 Å². The number of nitro benzene ring substituents is 1. The Morgan fingerprint density at radius 2 is 2.05 bits per heavy atom. The molecule has 1 aromatic carbocycles. The third-order valence-corrected chi connectivity index (χ3v) is 2.93. The van der Waals surface area contributed by atoms with Crippen molar-refractivity contribution >= 4 is 17.6 Å². The number of benzene rings is 1. The van der Waals surface area contributed by atoms with Crippen molar-refractivity contribution in [2.75, 3.05) is 13.1 Å². The molecule has 7 heteroatoms. The first kappa shape index (κ1) is 15.6. The largest absolute Gasteiger partial charge is 0.481 e. The molecule has 0 heterocycles. The zero-order chi connectivity index (χ0) is 15.3. The summed E-state index contributed by atoms with van der Waals surface area (Å²) in [7, 11) is 0. The highest BCUT2D eigenvalue weighted by molar-refractivity contribution is 5.96. The Balaban J connectivity index is 3.02. The number of carboxylic acid groups (broad SMARTS) is 1. The number of nitro groups is 1. The Morgan fingerprint density at radius 3 is 2.55 bits per heavy atom. The highest BCUT2D eigenvalue weighted by atomic mass is 16.6. The fourth-order valence-corrected chi connectivity index (χ4v) is 1.76. The molecule has 0 aliphatic heterocycles. The van der Waals surface area contributed by atoms with Crippen LogP contribution in [0.5, 0.6) is 0 Å². The van der Waals surface area contributed by atoms with Crippen LogP contribution in [0.3, 0.4) is 0 Å². The van der Waals surface area contributed by atoms with E-state index in [0.717, 1.165) is 0 Å². The fourth-order valence-electron chi connectivity index (χ4n) is 1.76. The Hall–Kier alpha value is -2.44. The van der Waals surface area contributed by atoms with Crippen LogP contribution in [-0.2, 0) is 4.79 Å². The van der Waals surface area contributed by atoms with Gasteiger partial charge in [0, 0.05) is 30.8 Å². The second-order valence-corrected chi connectivity index (χ2v) is 4.28. The second-order valence-electron chi connectivity index (χ2n) is 4.28. The molecule has 0 fully saturated rings. The summed E-state index contributed by atoms with van der Waals surface area (Å²) in [6, 6.07) is 4.07. The summed E-state index contributed by atoms with van der Waals surface area (Å²) in [5.41, 5.74) is 0.689. The van der Waals surface area contributed by atoms with Crippen molar-refractivity contribution in [2.45, 2.75) is 20.3 Å². The van der Waals surface area contributed by atoms with Crippen LogP contribution >= 0.6 is 0 Å². The lowest BCUT2D eigenvalue weighted by Gasteiger charge is -2.20. The number of hydrogen-bond donors (Lipinski definition) is 1. The number of non-ortho nitro benzene ring substituents is 1. The van der Waals surface area contributed by atoms with Gasteiger partial charge in [0.1, 0.15) is 0 Å². The van der Waals surface area contributed by atoms with Crippen LogP contribution < -0.4 is 0 Å². The van der Waals surface area contributed by atoms with E-state index in [1.54, 1.807) is 13.8 Å². The minimum Gasteiger partial charge on any atom is -0.481 e. The lowest BCUT2D eigenvalue weighted by molar-refractivity contribution is -0.384. The lowest BCUT2D eigenvalue weighted by atomic mass is 10.1. The summed E-state index contributed by atoms with van der Waals surface area (Å²) >= 11 is 0. The van der Waals surface area contributed by atoms with Gasteiger partial charge in [0.15, 0.2) is 0 Å². The predicted octanol–water partition coefficient (Wildman–Crippen LogP) is 1.84. The monoisotopic (exact) mass is 280 g/mol. The van der Waals surface area contributed by atoms with E-state index >= 15 is 0 Å². The highest BCUT2D eigenvalue weighted by Crippen LogP contribution is 2.19. The minimum absolute atomic E-state index is 0.0762. The van der Waals surface area contributed by atoms with Crippen molar-refractivity contribution in [3.63, 3.8) is 0 Å². The van der Waals surface area contributed by atoms with Crippen molar-refractivity contribution in [3.05, 3.63) is 39.4 Å². The van der Waals surface area contributed by atoms with Crippen LogP contribution in [0.25, 0.3) is 0 Å². The summed E-state index contributed by atoms with van der Waals surface area (Å²) < 4.78 is 0. The molecule has 0 atom stereocenters. The number of aryl methyl sites for hydroxylation is 1. The maximum atomic E-state index is 12.3. The molecule has 1 rings (SSSR count). The van der Waals surface area contributed by atoms with Crippen LogP contribution in [-0.4, -0.2) is 39.9 Å². The van der Waals surface area contributed by atoms with Gasteiger partial charge in [-0.15, -0.1) is 0 Å². The molecule has 108 valence electrons. The first-order valence-corrected chi connectivity index (χ1v) is 6.13. The second kappa shape index (κ2) is 6.65. The van der Waals surface area contributed by atoms with E-state index in [2.05, 4.69) is 0 Å². The number of rotatable bonds is 6. The molecular weight excluding hydrogens is 264 g/mol. The third kappa shape index (κ3) is 3.78. The van der Waals surface area contributed by atoms with Gasteiger partial charge in [-0.2, -0.15) is 0 Å². The van der Waals surface area contributed by atoms with Crippen LogP contribution in [0.1, 0.15) is 29.3 Å². The zero-order valence-corrected chi connectivity index (χ0v) is 11.3. The van der Waals surface area contributed by atoms with Gasteiger partial charge in [-0.3, -0.25) is 19.7 Å². The van der Waals surface area contributed by atoms with Gasteiger partial charge in [0.05, 0.1) is 11.3 Å². The van der Waals surface area contributed by atoms with E-state index in [-0.39, 0.29) is 24.2 Å². The van der Waals surface area contributed by atoms with Crippen molar-refractivity contribution in [2.24, 2.45) is 0 Å². The summed E-state index contributed by atoms with van der Waals surface area (Å²) in [5.74, 6) is -1.39. The van der Waals surface area contributed by atoms with Crippen LogP contribution in [0.4, 0.5) is 5.69 Å². The molecule has 0 radical (unpaired) electrons. The molecule has 20 heavy (non-hydrogen) atoms. The molecular formula is C13H16N2O5. The molecule has 1 N–H and O–H groups in total. The van der Waals surface area contributed by atoms with E-state index < -0.39 is 16.8 Å². The number of carbonyl (C=O) groups is 2. The Labute approximate surface area is 116 Å². The average molecular weight is 280 g/mol. The molecule has 7 nitrogen and oxygen atoms in total. The Kier molecular flexibility index (Phi) is 5.19. The molecule has 0 aromatic heterocycles. The van der Waals surface area contributed by atoms with Crippen LogP contribution in [0.2, 0.25) is 0 Å². The molecule has 1 aromatic rings. The molecule has 0 saturated heterocycles. The van der Waals surface area contributed by atoms with Gasteiger partial charge in [0.2, 0.25) is 0 Å². The van der Waals surface area contributed by atoms with Gasteiger partial charge in [0.25, 0.3) is 11.6 Å². The standard InChI is InChI=1S/C13H16N2O5/c1-3-14(7-6-12(16)17)13(18)11-8-10(15(19)20)5-4-9(11)2/h4-5,8H,3,6-7H2,1-2H3,(H,16,17). The van der Waals surface area contributed by atoms with Crippen molar-refractivity contribution in [1.82, 2.24) is 4.90 Å². The van der Waals surface area contributed by atoms with Gasteiger partial charge in [-0.1, -0.05) is 6.07 Å². The van der Waals surface area contributed by atoms with Gasteiger partial charge in [-0.05, 0) is 19.4 Å². The van der Waals surface area contributed by atoms with Gasteiger partial charge in [-0.25, -0.2) is 0 Å². The molecule has 0 aliphatic rings. The summed E-state index contributed by atoms with van der Waals surface area (Å²) in [5, 5.41) is 19.4. The number of amides is 1. The molecule has 0 spiro atoms. The average Bonchev–Trinajstić information content (AvgIpc) is 2.39. The number of hydrogen-bond acceptors (Lipinski definition) is 4. The third-order valence-electron chi connectivity index (χ3n) is 2.93. The normalized spacial score (nSPS) is 10.1. The molecule has 0 unspecified atom stereocenters. The number of carbonyl (C=O) groups excluding carboxylic acids is 1. The minimum atomic E-state index is -0.994. The Bertz CT molecular complexity index is 542. The van der Waals surface area contributed by atoms with E-state index in [1.165, 1.54) is 23.1 Å². The van der Waals surface area contributed by atoms with E-state index in [0.29, 0.717) is 12.1 Å². The number of nitrogens with zero attached hydrogens (tertiary/aromatic N) is 2. The van der Waals surface area contributed by atoms with Crippen molar-refractivity contribution < 1.29 is 19.6 Å². The maximum absolute atomic E-state index is 12.3. The first-order valence-electron chi connectivity index (χ1n) is 6.13. The van der Waals surface area contributed by atoms with E-state index in [1.807, 2.05) is 0 Å². The van der Waals surface area contributed by atoms with Crippen LogP contribution in [0, 0.1) is 17.0 Å². The summed E-state index contributed by atoms with van der Waals surface area (Å²) in [6.07, 6.45) is -0.159. The van der Waals surface area contributed by atoms with Crippen molar-refractivity contribution in [1.29, 1.82) is 0 Å².